The topological polar surface area (TPSA) is 50.7 Å². The number of pyridine rings is 1. The first-order valence-corrected chi connectivity index (χ1v) is 6.40. The van der Waals surface area contributed by atoms with Crippen molar-refractivity contribution in [1.29, 1.82) is 0 Å². The Kier molecular flexibility index (Phi) is 4.22. The average Bonchev–Trinajstić information content (AvgIpc) is 2.36. The highest BCUT2D eigenvalue weighted by Crippen LogP contribution is 2.35. The predicted molar refractivity (Wildman–Crippen MR) is 71.0 cm³/mol. The second-order valence-electron chi connectivity index (χ2n) is 4.00. The van der Waals surface area contributed by atoms with Gasteiger partial charge in [0.25, 0.3) is 0 Å². The molecule has 0 radical (unpaired) electrons. The molecule has 0 saturated heterocycles. The third-order valence-corrected chi connectivity index (χ3v) is 2.86. The molecule has 4 nitrogen and oxygen atoms in total. The molecule has 2 aromatic heterocycles. The Bertz CT molecular complexity index is 616. The molecule has 106 valence electrons. The minimum atomic E-state index is -4.47. The van der Waals surface area contributed by atoms with E-state index in [1.165, 1.54) is 6.20 Å². The number of alkyl halides is 3. The molecule has 0 aliphatic heterocycles. The normalized spacial score (nSPS) is 11.4. The lowest BCUT2D eigenvalue weighted by Crippen LogP contribution is -2.13. The van der Waals surface area contributed by atoms with Crippen LogP contribution in [0.2, 0.25) is 0 Å². The number of aryl methyl sites for hydroxylation is 1. The molecular formula is C12H10BrF3N4. The van der Waals surface area contributed by atoms with E-state index in [0.29, 0.717) is 11.5 Å². The van der Waals surface area contributed by atoms with Crippen molar-refractivity contribution < 1.29 is 13.2 Å². The number of anilines is 1. The lowest BCUT2D eigenvalue weighted by Gasteiger charge is -2.13. The molecule has 20 heavy (non-hydrogen) atoms. The second kappa shape index (κ2) is 5.74. The minimum absolute atomic E-state index is 0.140. The standard InChI is InChI=1S/C12H10BrF3N4/c1-7-17-3-2-9(20-7)6-19-11-10(12(14,15)16)4-8(13)5-18-11/h2-5H,6H2,1H3,(H,18,19). The van der Waals surface area contributed by atoms with Crippen LogP contribution in [0.5, 0.6) is 0 Å². The van der Waals surface area contributed by atoms with Crippen LogP contribution in [0.25, 0.3) is 0 Å². The van der Waals surface area contributed by atoms with Gasteiger partial charge in [-0.25, -0.2) is 15.0 Å². The van der Waals surface area contributed by atoms with Gasteiger partial charge in [0.15, 0.2) is 0 Å². The van der Waals surface area contributed by atoms with Crippen molar-refractivity contribution in [1.82, 2.24) is 15.0 Å². The van der Waals surface area contributed by atoms with Crippen LogP contribution in [0.4, 0.5) is 19.0 Å². The smallest absolute Gasteiger partial charge is 0.364 e. The summed E-state index contributed by atoms with van der Waals surface area (Å²) in [6.45, 7) is 1.85. The zero-order valence-electron chi connectivity index (χ0n) is 10.4. The lowest BCUT2D eigenvalue weighted by atomic mass is 10.2. The molecule has 2 aromatic rings. The van der Waals surface area contributed by atoms with Gasteiger partial charge < -0.3 is 5.32 Å². The molecule has 0 atom stereocenters. The Labute approximate surface area is 121 Å². The van der Waals surface area contributed by atoms with Gasteiger partial charge in [0, 0.05) is 16.9 Å². The van der Waals surface area contributed by atoms with Crippen LogP contribution in [0.3, 0.4) is 0 Å². The van der Waals surface area contributed by atoms with Crippen molar-refractivity contribution >= 4 is 21.7 Å². The fourth-order valence-corrected chi connectivity index (χ4v) is 1.91. The molecule has 0 spiro atoms. The second-order valence-corrected chi connectivity index (χ2v) is 4.91. The third-order valence-electron chi connectivity index (χ3n) is 2.43. The zero-order valence-corrected chi connectivity index (χ0v) is 12.0. The van der Waals surface area contributed by atoms with Gasteiger partial charge in [0.1, 0.15) is 11.6 Å². The molecule has 0 amide bonds. The SMILES string of the molecule is Cc1nccc(CNc2ncc(Br)cc2C(F)(F)F)n1. The number of nitrogens with zero attached hydrogens (tertiary/aromatic N) is 3. The summed E-state index contributed by atoms with van der Waals surface area (Å²) in [6.07, 6.45) is -1.61. The summed E-state index contributed by atoms with van der Waals surface area (Å²) < 4.78 is 38.9. The average molecular weight is 347 g/mol. The van der Waals surface area contributed by atoms with Crippen LogP contribution in [-0.2, 0) is 12.7 Å². The number of nitrogens with one attached hydrogen (secondary N) is 1. The van der Waals surface area contributed by atoms with E-state index in [-0.39, 0.29) is 16.8 Å². The van der Waals surface area contributed by atoms with Crippen LogP contribution in [-0.4, -0.2) is 15.0 Å². The third kappa shape index (κ3) is 3.66. The largest absolute Gasteiger partial charge is 0.419 e. The number of halogens is 4. The van der Waals surface area contributed by atoms with E-state index in [9.17, 15) is 13.2 Å². The molecule has 8 heteroatoms. The van der Waals surface area contributed by atoms with Crippen LogP contribution in [0, 0.1) is 6.92 Å². The number of aromatic nitrogens is 3. The van der Waals surface area contributed by atoms with Crippen molar-refractivity contribution in [3.63, 3.8) is 0 Å². The van der Waals surface area contributed by atoms with E-state index >= 15 is 0 Å². The quantitative estimate of drug-likeness (QED) is 0.922. The van der Waals surface area contributed by atoms with Gasteiger partial charge in [-0.2, -0.15) is 13.2 Å². The van der Waals surface area contributed by atoms with Gasteiger partial charge in [0.05, 0.1) is 17.8 Å². The Morgan fingerprint density at radius 3 is 2.70 bits per heavy atom. The molecule has 0 aliphatic rings. The predicted octanol–water partition coefficient (Wildman–Crippen LogP) is 3.57. The molecule has 2 rings (SSSR count). The summed E-state index contributed by atoms with van der Waals surface area (Å²) in [5, 5.41) is 2.65. The number of hydrogen-bond donors (Lipinski definition) is 1. The number of hydrogen-bond acceptors (Lipinski definition) is 4. The van der Waals surface area contributed by atoms with E-state index < -0.39 is 11.7 Å². The van der Waals surface area contributed by atoms with Crippen molar-refractivity contribution in [3.8, 4) is 0 Å². The summed E-state index contributed by atoms with van der Waals surface area (Å²) in [7, 11) is 0. The first-order chi connectivity index (χ1) is 9.36. The monoisotopic (exact) mass is 346 g/mol. The number of rotatable bonds is 3. The molecule has 0 bridgehead atoms. The molecule has 1 N–H and O–H groups in total. The molecule has 0 aliphatic carbocycles. The fourth-order valence-electron chi connectivity index (χ4n) is 1.57. The highest BCUT2D eigenvalue weighted by atomic mass is 79.9. The molecule has 2 heterocycles. The molecule has 0 unspecified atom stereocenters. The van der Waals surface area contributed by atoms with Gasteiger partial charge in [-0.3, -0.25) is 0 Å². The maximum Gasteiger partial charge on any atom is 0.419 e. The van der Waals surface area contributed by atoms with Gasteiger partial charge in [-0.05, 0) is 35.0 Å². The summed E-state index contributed by atoms with van der Waals surface area (Å²) in [5.41, 5.74) is -0.229. The van der Waals surface area contributed by atoms with Crippen molar-refractivity contribution in [2.45, 2.75) is 19.6 Å². The van der Waals surface area contributed by atoms with Crippen molar-refractivity contribution in [2.75, 3.05) is 5.32 Å². The first-order valence-electron chi connectivity index (χ1n) is 5.61. The minimum Gasteiger partial charge on any atom is -0.364 e. The van der Waals surface area contributed by atoms with E-state index in [1.54, 1.807) is 19.2 Å². The summed E-state index contributed by atoms with van der Waals surface area (Å²) >= 11 is 2.98. The molecule has 0 fully saturated rings. The van der Waals surface area contributed by atoms with E-state index in [2.05, 4.69) is 36.2 Å². The maximum atomic E-state index is 12.9. The Balaban J connectivity index is 2.21. The summed E-state index contributed by atoms with van der Waals surface area (Å²) in [4.78, 5) is 11.8. The van der Waals surface area contributed by atoms with Gasteiger partial charge in [0.2, 0.25) is 0 Å². The van der Waals surface area contributed by atoms with Crippen LogP contribution >= 0.6 is 15.9 Å². The van der Waals surface area contributed by atoms with E-state index in [0.717, 1.165) is 6.07 Å². The highest BCUT2D eigenvalue weighted by molar-refractivity contribution is 9.10. The Hall–Kier alpha value is -1.70. The van der Waals surface area contributed by atoms with E-state index in [1.807, 2.05) is 0 Å². The molecule has 0 saturated carbocycles. The molecule has 0 aromatic carbocycles. The van der Waals surface area contributed by atoms with Crippen molar-refractivity contribution in [3.05, 3.63) is 46.1 Å². The van der Waals surface area contributed by atoms with E-state index in [4.69, 9.17) is 0 Å². The summed E-state index contributed by atoms with van der Waals surface area (Å²) in [5.74, 6) is 0.334. The van der Waals surface area contributed by atoms with Crippen molar-refractivity contribution in [2.24, 2.45) is 0 Å². The van der Waals surface area contributed by atoms with Crippen LogP contribution < -0.4 is 5.32 Å². The first kappa shape index (κ1) is 14.7. The Morgan fingerprint density at radius 2 is 2.05 bits per heavy atom. The van der Waals surface area contributed by atoms with Gasteiger partial charge in [-0.15, -0.1) is 0 Å². The Morgan fingerprint density at radius 1 is 1.30 bits per heavy atom. The maximum absolute atomic E-state index is 12.9. The van der Waals surface area contributed by atoms with Crippen LogP contribution in [0.1, 0.15) is 17.1 Å². The van der Waals surface area contributed by atoms with Gasteiger partial charge in [-0.1, -0.05) is 0 Å². The van der Waals surface area contributed by atoms with Crippen LogP contribution in [0.15, 0.2) is 29.0 Å². The van der Waals surface area contributed by atoms with Gasteiger partial charge >= 0.3 is 6.18 Å². The fraction of sp³-hybridized carbons (Fsp3) is 0.250. The summed E-state index contributed by atoms with van der Waals surface area (Å²) in [6, 6.07) is 2.62. The zero-order chi connectivity index (χ0) is 14.8. The highest BCUT2D eigenvalue weighted by Gasteiger charge is 2.34. The lowest BCUT2D eigenvalue weighted by molar-refractivity contribution is -0.137. The molecular weight excluding hydrogens is 337 g/mol.